The molecule has 0 spiro atoms. The lowest BCUT2D eigenvalue weighted by Gasteiger charge is -2.31. The lowest BCUT2D eigenvalue weighted by molar-refractivity contribution is -0.128. The molecule has 0 bridgehead atoms. The maximum absolute atomic E-state index is 12.6. The Morgan fingerprint density at radius 2 is 1.96 bits per heavy atom. The maximum atomic E-state index is 12.6. The Bertz CT molecular complexity index is 521. The SMILES string of the molecule is CCCN(C(=O)/C=C/c1ccc(Cl)cc1)C(C)CN1CCCC1. The molecule has 1 saturated heterocycles. The summed E-state index contributed by atoms with van der Waals surface area (Å²) in [6.07, 6.45) is 7.09. The van der Waals surface area contributed by atoms with Crippen molar-refractivity contribution in [1.29, 1.82) is 0 Å². The van der Waals surface area contributed by atoms with E-state index in [0.717, 1.165) is 25.1 Å². The van der Waals surface area contributed by atoms with Crippen LogP contribution in [0.1, 0.15) is 38.7 Å². The zero-order valence-corrected chi connectivity index (χ0v) is 14.9. The molecular formula is C19H27ClN2O. The molecule has 1 aromatic rings. The predicted octanol–water partition coefficient (Wildman–Crippen LogP) is 4.08. The summed E-state index contributed by atoms with van der Waals surface area (Å²) in [7, 11) is 0. The fraction of sp³-hybridized carbons (Fsp3) is 0.526. The molecule has 0 saturated carbocycles. The van der Waals surface area contributed by atoms with E-state index in [-0.39, 0.29) is 11.9 Å². The standard InChI is InChI=1S/C19H27ClN2O/c1-3-12-22(16(2)15-21-13-4-5-14-21)19(23)11-8-17-6-9-18(20)10-7-17/h6-11,16H,3-5,12-15H2,1-2H3/b11-8+. The summed E-state index contributed by atoms with van der Waals surface area (Å²) in [4.78, 5) is 17.0. The molecule has 0 aliphatic carbocycles. The predicted molar refractivity (Wildman–Crippen MR) is 97.6 cm³/mol. The van der Waals surface area contributed by atoms with Crippen molar-refractivity contribution in [3.05, 3.63) is 40.9 Å². The number of carbonyl (C=O) groups excluding carboxylic acids is 1. The van der Waals surface area contributed by atoms with Gasteiger partial charge in [-0.15, -0.1) is 0 Å². The highest BCUT2D eigenvalue weighted by Gasteiger charge is 2.21. The summed E-state index contributed by atoms with van der Waals surface area (Å²) in [5.74, 6) is 0.0912. The van der Waals surface area contributed by atoms with Gasteiger partial charge in [0.1, 0.15) is 0 Å². The van der Waals surface area contributed by atoms with Crippen LogP contribution in [-0.4, -0.2) is 47.9 Å². The molecule has 23 heavy (non-hydrogen) atoms. The third-order valence-corrected chi connectivity index (χ3v) is 4.54. The zero-order valence-electron chi connectivity index (χ0n) is 14.2. The first-order chi connectivity index (χ1) is 11.1. The minimum atomic E-state index is 0.0912. The second kappa shape index (κ2) is 9.09. The van der Waals surface area contributed by atoms with Gasteiger partial charge in [0.15, 0.2) is 0 Å². The van der Waals surface area contributed by atoms with Crippen LogP contribution in [0, 0.1) is 0 Å². The van der Waals surface area contributed by atoms with Crippen molar-refractivity contribution in [1.82, 2.24) is 9.80 Å². The Hall–Kier alpha value is -1.32. The first-order valence-electron chi connectivity index (χ1n) is 8.56. The lowest BCUT2D eigenvalue weighted by Crippen LogP contribution is -2.44. The van der Waals surface area contributed by atoms with Gasteiger partial charge in [-0.25, -0.2) is 0 Å². The molecule has 1 aliphatic heterocycles. The number of hydrogen-bond acceptors (Lipinski definition) is 2. The van der Waals surface area contributed by atoms with Gasteiger partial charge in [-0.3, -0.25) is 4.79 Å². The molecule has 2 rings (SSSR count). The Labute approximate surface area is 144 Å². The van der Waals surface area contributed by atoms with Crippen molar-refractivity contribution in [2.24, 2.45) is 0 Å². The van der Waals surface area contributed by atoms with Gasteiger partial charge in [-0.1, -0.05) is 30.7 Å². The van der Waals surface area contributed by atoms with Crippen LogP contribution in [-0.2, 0) is 4.79 Å². The van der Waals surface area contributed by atoms with Gasteiger partial charge in [0.05, 0.1) is 0 Å². The van der Waals surface area contributed by atoms with Crippen molar-refractivity contribution in [3.63, 3.8) is 0 Å². The fourth-order valence-electron chi connectivity index (χ4n) is 3.06. The van der Waals surface area contributed by atoms with E-state index in [0.29, 0.717) is 5.02 Å². The number of nitrogens with zero attached hydrogens (tertiary/aromatic N) is 2. The smallest absolute Gasteiger partial charge is 0.246 e. The van der Waals surface area contributed by atoms with E-state index in [4.69, 9.17) is 11.6 Å². The van der Waals surface area contributed by atoms with Gasteiger partial charge < -0.3 is 9.80 Å². The van der Waals surface area contributed by atoms with E-state index in [2.05, 4.69) is 18.7 Å². The fourth-order valence-corrected chi connectivity index (χ4v) is 3.19. The van der Waals surface area contributed by atoms with Crippen molar-refractivity contribution < 1.29 is 4.79 Å². The summed E-state index contributed by atoms with van der Waals surface area (Å²) < 4.78 is 0. The highest BCUT2D eigenvalue weighted by atomic mass is 35.5. The van der Waals surface area contributed by atoms with Crippen LogP contribution in [0.15, 0.2) is 30.3 Å². The van der Waals surface area contributed by atoms with Crippen molar-refractivity contribution >= 4 is 23.6 Å². The summed E-state index contributed by atoms with van der Waals surface area (Å²) >= 11 is 5.88. The molecule has 0 radical (unpaired) electrons. The van der Waals surface area contributed by atoms with Gasteiger partial charge in [-0.2, -0.15) is 0 Å². The number of benzene rings is 1. The van der Waals surface area contributed by atoms with Gasteiger partial charge in [0.25, 0.3) is 0 Å². The van der Waals surface area contributed by atoms with Gasteiger partial charge in [0.2, 0.25) is 5.91 Å². The highest BCUT2D eigenvalue weighted by Crippen LogP contribution is 2.13. The molecule has 0 aromatic heterocycles. The number of carbonyl (C=O) groups is 1. The summed E-state index contributed by atoms with van der Waals surface area (Å²) in [6, 6.07) is 7.76. The van der Waals surface area contributed by atoms with E-state index in [1.165, 1.54) is 25.9 Å². The molecule has 3 nitrogen and oxygen atoms in total. The highest BCUT2D eigenvalue weighted by molar-refractivity contribution is 6.30. The summed E-state index contributed by atoms with van der Waals surface area (Å²) in [5.41, 5.74) is 0.992. The third kappa shape index (κ3) is 5.67. The van der Waals surface area contributed by atoms with E-state index < -0.39 is 0 Å². The van der Waals surface area contributed by atoms with E-state index in [9.17, 15) is 4.79 Å². The molecule has 1 atom stereocenters. The molecule has 1 aromatic carbocycles. The molecule has 4 heteroatoms. The Morgan fingerprint density at radius 3 is 2.57 bits per heavy atom. The van der Waals surface area contributed by atoms with E-state index in [1.807, 2.05) is 35.2 Å². The second-order valence-corrected chi connectivity index (χ2v) is 6.71. The summed E-state index contributed by atoms with van der Waals surface area (Å²) in [5, 5.41) is 0.709. The quantitative estimate of drug-likeness (QED) is 0.701. The Balaban J connectivity index is 1.97. The minimum absolute atomic E-state index is 0.0912. The monoisotopic (exact) mass is 334 g/mol. The molecule has 126 valence electrons. The van der Waals surface area contributed by atoms with Crippen LogP contribution < -0.4 is 0 Å². The molecule has 1 heterocycles. The Morgan fingerprint density at radius 1 is 1.30 bits per heavy atom. The maximum Gasteiger partial charge on any atom is 0.246 e. The lowest BCUT2D eigenvalue weighted by atomic mass is 10.2. The molecule has 1 amide bonds. The first-order valence-corrected chi connectivity index (χ1v) is 8.94. The largest absolute Gasteiger partial charge is 0.335 e. The van der Waals surface area contributed by atoms with Gasteiger partial charge in [-0.05, 0) is 63.0 Å². The second-order valence-electron chi connectivity index (χ2n) is 6.27. The van der Waals surface area contributed by atoms with Gasteiger partial charge in [0, 0.05) is 30.2 Å². The summed E-state index contributed by atoms with van der Waals surface area (Å²) in [6.45, 7) is 8.38. The molecule has 1 aliphatic rings. The number of likely N-dealkylation sites (tertiary alicyclic amines) is 1. The number of halogens is 1. The molecule has 1 fully saturated rings. The van der Waals surface area contributed by atoms with E-state index >= 15 is 0 Å². The normalized spacial score (nSPS) is 16.8. The molecule has 1 unspecified atom stereocenters. The zero-order chi connectivity index (χ0) is 16.7. The first kappa shape index (κ1) is 18.0. The molecule has 0 N–H and O–H groups in total. The van der Waals surface area contributed by atoms with Crippen molar-refractivity contribution in [2.45, 2.75) is 39.2 Å². The van der Waals surface area contributed by atoms with Crippen molar-refractivity contribution in [2.75, 3.05) is 26.2 Å². The van der Waals surface area contributed by atoms with Crippen molar-refractivity contribution in [3.8, 4) is 0 Å². The van der Waals surface area contributed by atoms with Crippen LogP contribution >= 0.6 is 11.6 Å². The van der Waals surface area contributed by atoms with Gasteiger partial charge >= 0.3 is 0 Å². The Kier molecular flexibility index (Phi) is 7.13. The van der Waals surface area contributed by atoms with Crippen LogP contribution in [0.4, 0.5) is 0 Å². The number of hydrogen-bond donors (Lipinski definition) is 0. The third-order valence-electron chi connectivity index (χ3n) is 4.29. The van der Waals surface area contributed by atoms with Crippen LogP contribution in [0.2, 0.25) is 5.02 Å². The minimum Gasteiger partial charge on any atom is -0.335 e. The number of amides is 1. The van der Waals surface area contributed by atoms with Crippen LogP contribution in [0.3, 0.4) is 0 Å². The average Bonchev–Trinajstić information content (AvgIpc) is 3.04. The van der Waals surface area contributed by atoms with Crippen LogP contribution in [0.25, 0.3) is 6.08 Å². The van der Waals surface area contributed by atoms with Crippen LogP contribution in [0.5, 0.6) is 0 Å². The number of rotatable bonds is 7. The molecular weight excluding hydrogens is 308 g/mol. The average molecular weight is 335 g/mol. The van der Waals surface area contributed by atoms with E-state index in [1.54, 1.807) is 6.08 Å². The topological polar surface area (TPSA) is 23.6 Å².